The molecule has 6 nitrogen and oxygen atoms in total. The molecule has 0 bridgehead atoms. The standard InChI is InChI=1S/C24H22BrClN2O3.CH4O/c1-30-22-21-19(12-20(26)28-22)31-24(15-7-9-17(25)10-8-15)18(14-5-3-2-4-6-14)11-16(13-27)23(21,24)29;1-2/h2-10,12,16,18,29H,11,13,27H2,1H3;2H,1H3. The lowest BCUT2D eigenvalue weighted by Crippen LogP contribution is -2.51. The molecule has 0 amide bonds. The van der Waals surface area contributed by atoms with E-state index in [1.54, 1.807) is 6.07 Å². The summed E-state index contributed by atoms with van der Waals surface area (Å²) in [6.45, 7) is 0.284. The molecule has 0 spiro atoms. The molecule has 174 valence electrons. The number of hydrogen-bond acceptors (Lipinski definition) is 6. The third kappa shape index (κ3) is 3.45. The number of methoxy groups -OCH3 is 1. The number of benzene rings is 2. The van der Waals surface area contributed by atoms with E-state index >= 15 is 0 Å². The van der Waals surface area contributed by atoms with Crippen molar-refractivity contribution >= 4 is 27.5 Å². The second-order valence-electron chi connectivity index (χ2n) is 8.07. The average Bonchev–Trinajstić information content (AvgIpc) is 3.25. The SMILES string of the molecule is CO.COc1nc(Cl)cc2c1C1(O)C(CN)CC(c3ccccc3)C1(c1ccc(Br)cc1)O2. The molecule has 1 aliphatic heterocycles. The summed E-state index contributed by atoms with van der Waals surface area (Å²) in [5.41, 5.74) is 6.13. The predicted octanol–water partition coefficient (Wildman–Crippen LogP) is 4.35. The van der Waals surface area contributed by atoms with Crippen molar-refractivity contribution in [1.82, 2.24) is 4.98 Å². The Bertz CT molecular complexity index is 1130. The highest BCUT2D eigenvalue weighted by Crippen LogP contribution is 2.69. The zero-order valence-electron chi connectivity index (χ0n) is 18.3. The van der Waals surface area contributed by atoms with Gasteiger partial charge >= 0.3 is 0 Å². The van der Waals surface area contributed by atoms with Crippen LogP contribution in [0.25, 0.3) is 0 Å². The van der Waals surface area contributed by atoms with Gasteiger partial charge in [0.1, 0.15) is 16.5 Å². The predicted molar refractivity (Wildman–Crippen MR) is 131 cm³/mol. The quantitative estimate of drug-likeness (QED) is 0.431. The van der Waals surface area contributed by atoms with Crippen LogP contribution in [-0.4, -0.2) is 36.0 Å². The minimum absolute atomic E-state index is 0.149. The van der Waals surface area contributed by atoms with E-state index in [2.05, 4.69) is 33.0 Å². The number of fused-ring (bicyclic) bond motifs is 3. The summed E-state index contributed by atoms with van der Waals surface area (Å²) in [5.74, 6) is 0.307. The van der Waals surface area contributed by atoms with Gasteiger partial charge in [0.2, 0.25) is 5.88 Å². The Kier molecular flexibility index (Phi) is 6.71. The van der Waals surface area contributed by atoms with Gasteiger partial charge in [-0.3, -0.25) is 0 Å². The van der Waals surface area contributed by atoms with Crippen LogP contribution >= 0.6 is 27.5 Å². The van der Waals surface area contributed by atoms with Crippen LogP contribution < -0.4 is 15.2 Å². The molecule has 1 aliphatic carbocycles. The van der Waals surface area contributed by atoms with Crippen molar-refractivity contribution in [3.63, 3.8) is 0 Å². The van der Waals surface area contributed by atoms with Crippen molar-refractivity contribution in [2.24, 2.45) is 11.7 Å². The second-order valence-corrected chi connectivity index (χ2v) is 9.37. The van der Waals surface area contributed by atoms with E-state index in [1.165, 1.54) is 7.11 Å². The molecular formula is C25H26BrClN2O4. The zero-order valence-corrected chi connectivity index (χ0v) is 20.7. The number of aliphatic hydroxyl groups excluding tert-OH is 1. The molecule has 0 saturated heterocycles. The minimum Gasteiger partial charge on any atom is -0.481 e. The Morgan fingerprint density at radius 1 is 1.18 bits per heavy atom. The smallest absolute Gasteiger partial charge is 0.224 e. The number of halogens is 2. The van der Waals surface area contributed by atoms with Crippen LogP contribution in [0.3, 0.4) is 0 Å². The summed E-state index contributed by atoms with van der Waals surface area (Å²) in [7, 11) is 2.52. The van der Waals surface area contributed by atoms with Gasteiger partial charge in [0, 0.05) is 29.5 Å². The lowest BCUT2D eigenvalue weighted by molar-refractivity contribution is -0.126. The maximum absolute atomic E-state index is 12.6. The van der Waals surface area contributed by atoms with E-state index in [9.17, 15) is 5.11 Å². The average molecular weight is 534 g/mol. The normalized spacial score (nSPS) is 27.1. The molecule has 1 aromatic heterocycles. The first kappa shape index (κ1) is 24.0. The van der Waals surface area contributed by atoms with Crippen LogP contribution in [0.5, 0.6) is 11.6 Å². The Hall–Kier alpha value is -2.16. The number of aromatic nitrogens is 1. The Labute approximate surface area is 206 Å². The van der Waals surface area contributed by atoms with E-state index in [0.29, 0.717) is 17.7 Å². The van der Waals surface area contributed by atoms with Crippen molar-refractivity contribution in [3.8, 4) is 11.6 Å². The van der Waals surface area contributed by atoms with E-state index in [0.717, 1.165) is 22.7 Å². The van der Waals surface area contributed by atoms with Crippen LogP contribution in [0.1, 0.15) is 29.0 Å². The Balaban J connectivity index is 0.00000126. The number of rotatable bonds is 4. The molecule has 2 heterocycles. The van der Waals surface area contributed by atoms with E-state index in [1.807, 2.05) is 42.5 Å². The Morgan fingerprint density at radius 3 is 2.45 bits per heavy atom. The molecule has 33 heavy (non-hydrogen) atoms. The minimum atomic E-state index is -1.45. The monoisotopic (exact) mass is 532 g/mol. The lowest BCUT2D eigenvalue weighted by Gasteiger charge is -2.41. The molecular weight excluding hydrogens is 508 g/mol. The van der Waals surface area contributed by atoms with Crippen molar-refractivity contribution in [1.29, 1.82) is 0 Å². The molecule has 0 radical (unpaired) electrons. The lowest BCUT2D eigenvalue weighted by atomic mass is 9.70. The van der Waals surface area contributed by atoms with Gasteiger partial charge in [-0.15, -0.1) is 0 Å². The van der Waals surface area contributed by atoms with Crippen LogP contribution in [0.2, 0.25) is 5.15 Å². The van der Waals surface area contributed by atoms with Gasteiger partial charge in [0.25, 0.3) is 0 Å². The van der Waals surface area contributed by atoms with Gasteiger partial charge < -0.3 is 25.4 Å². The number of aliphatic hydroxyl groups is 2. The fourth-order valence-electron chi connectivity index (χ4n) is 5.45. The second kappa shape index (κ2) is 9.24. The first-order chi connectivity index (χ1) is 16.0. The molecule has 2 aliphatic rings. The summed E-state index contributed by atoms with van der Waals surface area (Å²) in [5, 5.41) is 19.8. The van der Waals surface area contributed by atoms with Gasteiger partial charge in [0.15, 0.2) is 5.60 Å². The van der Waals surface area contributed by atoms with Gasteiger partial charge in [-0.25, -0.2) is 4.98 Å². The molecule has 2 aromatic carbocycles. The van der Waals surface area contributed by atoms with Crippen LogP contribution in [0, 0.1) is 5.92 Å². The van der Waals surface area contributed by atoms with E-state index in [4.69, 9.17) is 31.9 Å². The highest BCUT2D eigenvalue weighted by Gasteiger charge is 2.73. The number of nitrogens with zero attached hydrogens (tertiary/aromatic N) is 1. The molecule has 4 unspecified atom stereocenters. The highest BCUT2D eigenvalue weighted by atomic mass is 79.9. The van der Waals surface area contributed by atoms with Gasteiger partial charge in [-0.2, -0.15) is 0 Å². The molecule has 4 atom stereocenters. The molecule has 8 heteroatoms. The van der Waals surface area contributed by atoms with Crippen LogP contribution in [0.15, 0.2) is 65.1 Å². The third-order valence-electron chi connectivity index (χ3n) is 6.69. The van der Waals surface area contributed by atoms with Gasteiger partial charge in [-0.1, -0.05) is 70.0 Å². The van der Waals surface area contributed by atoms with Crippen molar-refractivity contribution in [3.05, 3.63) is 87.0 Å². The van der Waals surface area contributed by atoms with E-state index < -0.39 is 11.2 Å². The van der Waals surface area contributed by atoms with Crippen LogP contribution in [-0.2, 0) is 11.2 Å². The third-order valence-corrected chi connectivity index (χ3v) is 7.41. The van der Waals surface area contributed by atoms with E-state index in [-0.39, 0.29) is 29.4 Å². The summed E-state index contributed by atoms with van der Waals surface area (Å²) >= 11 is 9.77. The van der Waals surface area contributed by atoms with Crippen molar-refractivity contribution < 1.29 is 19.7 Å². The molecule has 4 N–H and O–H groups in total. The molecule has 3 aromatic rings. The fourth-order valence-corrected chi connectivity index (χ4v) is 5.89. The largest absolute Gasteiger partial charge is 0.481 e. The number of hydrogen-bond donors (Lipinski definition) is 3. The van der Waals surface area contributed by atoms with Crippen molar-refractivity contribution in [2.45, 2.75) is 23.5 Å². The van der Waals surface area contributed by atoms with Crippen molar-refractivity contribution in [2.75, 3.05) is 20.8 Å². The van der Waals surface area contributed by atoms with Crippen LogP contribution in [0.4, 0.5) is 0 Å². The Morgan fingerprint density at radius 2 is 1.85 bits per heavy atom. The summed E-state index contributed by atoms with van der Waals surface area (Å²) in [6.07, 6.45) is 0.651. The summed E-state index contributed by atoms with van der Waals surface area (Å²) in [4.78, 5) is 4.33. The molecule has 1 fully saturated rings. The topological polar surface area (TPSA) is 97.8 Å². The first-order valence-corrected chi connectivity index (χ1v) is 11.7. The maximum atomic E-state index is 12.6. The zero-order chi connectivity index (χ0) is 23.8. The molecule has 1 saturated carbocycles. The number of ether oxygens (including phenoxy) is 2. The fraction of sp³-hybridized carbons (Fsp3) is 0.320. The van der Waals surface area contributed by atoms with Gasteiger partial charge in [0.05, 0.1) is 12.7 Å². The number of nitrogens with two attached hydrogens (primary N) is 1. The van der Waals surface area contributed by atoms with Gasteiger partial charge in [-0.05, 0) is 36.2 Å². The summed E-state index contributed by atoms with van der Waals surface area (Å²) in [6, 6.07) is 19.6. The number of pyridine rings is 1. The first-order valence-electron chi connectivity index (χ1n) is 10.6. The highest BCUT2D eigenvalue weighted by molar-refractivity contribution is 9.10. The molecule has 5 rings (SSSR count). The summed E-state index contributed by atoms with van der Waals surface area (Å²) < 4.78 is 13.2. The maximum Gasteiger partial charge on any atom is 0.224 e.